The molecule has 5 nitrogen and oxygen atoms in total. The number of nitrogens with one attached hydrogen (secondary N) is 2. The maximum Gasteiger partial charge on any atom is 0.191 e. The van der Waals surface area contributed by atoms with E-state index >= 15 is 0 Å². The largest absolute Gasteiger partial charge is 0.373 e. The van der Waals surface area contributed by atoms with E-state index in [1.54, 1.807) is 0 Å². The first kappa shape index (κ1) is 22.9. The summed E-state index contributed by atoms with van der Waals surface area (Å²) in [6.45, 7) is 18.9. The van der Waals surface area contributed by atoms with Gasteiger partial charge < -0.3 is 15.4 Å². The summed E-state index contributed by atoms with van der Waals surface area (Å²) in [7, 11) is 0. The van der Waals surface area contributed by atoms with E-state index in [0.717, 1.165) is 38.6 Å². The second-order valence-electron chi connectivity index (χ2n) is 7.12. The number of nitrogens with zero attached hydrogens (tertiary/aromatic N) is 2. The van der Waals surface area contributed by atoms with Crippen LogP contribution < -0.4 is 10.6 Å². The van der Waals surface area contributed by atoms with Gasteiger partial charge in [-0.05, 0) is 48.0 Å². The Morgan fingerprint density at radius 1 is 1.26 bits per heavy atom. The lowest BCUT2D eigenvalue weighted by molar-refractivity contribution is -0.0939. The molecule has 0 aromatic rings. The first-order valence-electron chi connectivity index (χ1n) is 8.73. The van der Waals surface area contributed by atoms with Crippen LogP contribution in [-0.4, -0.2) is 60.8 Å². The lowest BCUT2D eigenvalue weighted by Crippen LogP contribution is -2.56. The molecule has 0 saturated carbocycles. The minimum atomic E-state index is 0. The summed E-state index contributed by atoms with van der Waals surface area (Å²) in [5, 5.41) is 6.79. The quantitative estimate of drug-likeness (QED) is 0.379. The van der Waals surface area contributed by atoms with Crippen LogP contribution in [0.5, 0.6) is 0 Å². The van der Waals surface area contributed by atoms with Crippen LogP contribution in [0.3, 0.4) is 0 Å². The van der Waals surface area contributed by atoms with Gasteiger partial charge in [0.25, 0.3) is 0 Å². The van der Waals surface area contributed by atoms with Gasteiger partial charge in [0.1, 0.15) is 0 Å². The van der Waals surface area contributed by atoms with Crippen molar-refractivity contribution < 1.29 is 4.74 Å². The Morgan fingerprint density at radius 3 is 2.30 bits per heavy atom. The fraction of sp³-hybridized carbons (Fsp3) is 0.941. The van der Waals surface area contributed by atoms with E-state index < -0.39 is 0 Å². The monoisotopic (exact) mass is 440 g/mol. The van der Waals surface area contributed by atoms with Gasteiger partial charge in [-0.15, -0.1) is 24.0 Å². The molecule has 0 radical (unpaired) electrons. The van der Waals surface area contributed by atoms with Crippen molar-refractivity contribution >= 4 is 29.9 Å². The zero-order valence-corrected chi connectivity index (χ0v) is 18.3. The third kappa shape index (κ3) is 8.03. The summed E-state index contributed by atoms with van der Waals surface area (Å²) >= 11 is 0. The van der Waals surface area contributed by atoms with Crippen LogP contribution in [-0.2, 0) is 4.74 Å². The fourth-order valence-electron chi connectivity index (χ4n) is 2.70. The molecular weight excluding hydrogens is 403 g/mol. The number of guanidine groups is 1. The number of rotatable bonds is 6. The van der Waals surface area contributed by atoms with Gasteiger partial charge in [-0.1, -0.05) is 6.92 Å². The van der Waals surface area contributed by atoms with Crippen LogP contribution in [0.15, 0.2) is 4.99 Å². The van der Waals surface area contributed by atoms with E-state index in [4.69, 9.17) is 9.73 Å². The molecular formula is C17H37IN4O. The highest BCUT2D eigenvalue weighted by Gasteiger charge is 2.33. The molecule has 23 heavy (non-hydrogen) atoms. The molecule has 1 fully saturated rings. The Bertz CT molecular complexity index is 353. The van der Waals surface area contributed by atoms with E-state index in [1.165, 1.54) is 0 Å². The van der Waals surface area contributed by atoms with Gasteiger partial charge in [-0.2, -0.15) is 0 Å². The van der Waals surface area contributed by atoms with Crippen molar-refractivity contribution in [3.05, 3.63) is 0 Å². The second-order valence-corrected chi connectivity index (χ2v) is 7.12. The fourth-order valence-corrected chi connectivity index (χ4v) is 2.70. The van der Waals surface area contributed by atoms with Crippen LogP contribution >= 0.6 is 24.0 Å². The third-order valence-corrected chi connectivity index (χ3v) is 4.24. The molecule has 0 bridgehead atoms. The van der Waals surface area contributed by atoms with E-state index in [-0.39, 0.29) is 29.5 Å². The molecule has 0 aromatic carbocycles. The van der Waals surface area contributed by atoms with Crippen molar-refractivity contribution in [2.24, 2.45) is 4.99 Å². The number of halogens is 1. The molecule has 2 N–H and O–H groups in total. The van der Waals surface area contributed by atoms with Gasteiger partial charge in [0.15, 0.2) is 5.96 Å². The molecule has 3 unspecified atom stereocenters. The number of hydrogen-bond donors (Lipinski definition) is 2. The smallest absolute Gasteiger partial charge is 0.191 e. The number of aliphatic imine (C=N–C) groups is 1. The summed E-state index contributed by atoms with van der Waals surface area (Å²) in [5.41, 5.74) is 0.0318. The average molecular weight is 440 g/mol. The van der Waals surface area contributed by atoms with E-state index in [9.17, 15) is 0 Å². The average Bonchev–Trinajstić information content (AvgIpc) is 2.44. The molecule has 0 aromatic heterocycles. The summed E-state index contributed by atoms with van der Waals surface area (Å²) in [4.78, 5) is 7.31. The van der Waals surface area contributed by atoms with Crippen molar-refractivity contribution in [2.75, 3.05) is 26.2 Å². The lowest BCUT2D eigenvalue weighted by atomic mass is 10.0. The minimum Gasteiger partial charge on any atom is -0.373 e. The Morgan fingerprint density at radius 2 is 1.83 bits per heavy atom. The van der Waals surface area contributed by atoms with Crippen LogP contribution in [0.2, 0.25) is 0 Å². The first-order chi connectivity index (χ1) is 10.3. The van der Waals surface area contributed by atoms with Gasteiger partial charge in [0.05, 0.1) is 18.8 Å². The summed E-state index contributed by atoms with van der Waals surface area (Å²) in [6, 6.07) is 0.435. The third-order valence-electron chi connectivity index (χ3n) is 4.24. The first-order valence-corrected chi connectivity index (χ1v) is 8.73. The molecule has 1 heterocycles. The molecule has 1 saturated heterocycles. The number of morpholine rings is 1. The topological polar surface area (TPSA) is 48.9 Å². The highest BCUT2D eigenvalue weighted by atomic mass is 127. The number of ether oxygens (including phenoxy) is 1. The number of hydrogen-bond acceptors (Lipinski definition) is 3. The molecule has 1 aliphatic rings. The van der Waals surface area contributed by atoms with Crippen LogP contribution in [0.1, 0.15) is 54.9 Å². The Hall–Kier alpha value is -0.0800. The van der Waals surface area contributed by atoms with Gasteiger partial charge in [-0.3, -0.25) is 9.89 Å². The molecule has 1 aliphatic heterocycles. The predicted molar refractivity (Wildman–Crippen MR) is 110 cm³/mol. The normalized spacial score (nSPS) is 24.7. The van der Waals surface area contributed by atoms with Gasteiger partial charge in [-0.25, -0.2) is 0 Å². The van der Waals surface area contributed by atoms with E-state index in [0.29, 0.717) is 18.2 Å². The maximum absolute atomic E-state index is 5.84. The van der Waals surface area contributed by atoms with Gasteiger partial charge in [0.2, 0.25) is 0 Å². The second kappa shape index (κ2) is 10.7. The summed E-state index contributed by atoms with van der Waals surface area (Å²) in [6.07, 6.45) is 1.67. The predicted octanol–water partition coefficient (Wildman–Crippen LogP) is 2.85. The molecule has 0 amide bonds. The Balaban J connectivity index is 0.00000484. The van der Waals surface area contributed by atoms with Crippen LogP contribution in [0.4, 0.5) is 0 Å². The maximum atomic E-state index is 5.84. The highest BCUT2D eigenvalue weighted by Crippen LogP contribution is 2.21. The molecule has 3 atom stereocenters. The Kier molecular flexibility index (Phi) is 10.7. The van der Waals surface area contributed by atoms with E-state index in [2.05, 4.69) is 64.0 Å². The van der Waals surface area contributed by atoms with Gasteiger partial charge >= 0.3 is 0 Å². The SMILES string of the molecule is CCNC(=NCC(C)(C)N1CC(C)OC(C)C1)NC(C)CC.I. The zero-order valence-electron chi connectivity index (χ0n) is 16.0. The van der Waals surface area contributed by atoms with Crippen molar-refractivity contribution in [3.8, 4) is 0 Å². The minimum absolute atomic E-state index is 0. The summed E-state index contributed by atoms with van der Waals surface area (Å²) < 4.78 is 5.84. The van der Waals surface area contributed by atoms with Crippen molar-refractivity contribution in [2.45, 2.75) is 78.7 Å². The van der Waals surface area contributed by atoms with Crippen LogP contribution in [0.25, 0.3) is 0 Å². The molecule has 6 heteroatoms. The molecule has 138 valence electrons. The lowest BCUT2D eigenvalue weighted by Gasteiger charge is -2.44. The van der Waals surface area contributed by atoms with Crippen molar-refractivity contribution in [3.63, 3.8) is 0 Å². The summed E-state index contributed by atoms with van der Waals surface area (Å²) in [5.74, 6) is 0.916. The standard InChI is InChI=1S/C17H36N4O.HI/c1-8-13(3)20-16(18-9-2)19-12-17(6,7)21-10-14(4)22-15(5)11-21;/h13-15H,8-12H2,1-7H3,(H2,18,19,20);1H. The highest BCUT2D eigenvalue weighted by molar-refractivity contribution is 14.0. The molecule has 1 rings (SSSR count). The van der Waals surface area contributed by atoms with Crippen LogP contribution in [0, 0.1) is 0 Å². The zero-order chi connectivity index (χ0) is 16.8. The Labute approximate surface area is 160 Å². The van der Waals surface area contributed by atoms with Gasteiger partial charge in [0, 0.05) is 31.2 Å². The molecule has 0 aliphatic carbocycles. The molecule has 0 spiro atoms. The van der Waals surface area contributed by atoms with Crippen molar-refractivity contribution in [1.29, 1.82) is 0 Å². The van der Waals surface area contributed by atoms with E-state index in [1.807, 2.05) is 0 Å². The van der Waals surface area contributed by atoms with Crippen molar-refractivity contribution in [1.82, 2.24) is 15.5 Å².